The van der Waals surface area contributed by atoms with Crippen molar-refractivity contribution in [1.82, 2.24) is 0 Å². The number of carbonyl (C=O) groups excluding carboxylic acids is 2. The van der Waals surface area contributed by atoms with E-state index in [-0.39, 0.29) is 18.7 Å². The summed E-state index contributed by atoms with van der Waals surface area (Å²) in [6.07, 6.45) is -0.00744. The Morgan fingerprint density at radius 1 is 1.19 bits per heavy atom. The van der Waals surface area contributed by atoms with Crippen molar-refractivity contribution in [3.8, 4) is 0 Å². The number of carbonyl (C=O) groups is 2. The van der Waals surface area contributed by atoms with Crippen LogP contribution in [0.25, 0.3) is 0 Å². The number of amides is 1. The van der Waals surface area contributed by atoms with Gasteiger partial charge in [-0.2, -0.15) is 0 Å². The number of halogens is 3. The molecule has 1 aromatic carbocycles. The first-order valence-corrected chi connectivity index (χ1v) is 7.79. The van der Waals surface area contributed by atoms with Crippen LogP contribution in [0.4, 0.5) is 5.69 Å². The van der Waals surface area contributed by atoms with Gasteiger partial charge >= 0.3 is 5.97 Å². The van der Waals surface area contributed by atoms with Crippen LogP contribution < -0.4 is 5.32 Å². The fourth-order valence-corrected chi connectivity index (χ4v) is 2.77. The molecule has 0 saturated heterocycles. The van der Waals surface area contributed by atoms with Gasteiger partial charge in [-0.25, -0.2) is 0 Å². The predicted molar refractivity (Wildman–Crippen MR) is 87.9 cm³/mol. The van der Waals surface area contributed by atoms with E-state index in [0.29, 0.717) is 20.2 Å². The quantitative estimate of drug-likeness (QED) is 0.742. The molecule has 0 radical (unpaired) electrons. The van der Waals surface area contributed by atoms with E-state index in [2.05, 4.69) is 21.2 Å². The predicted octanol–water partition coefficient (Wildman–Crippen LogP) is 4.82. The Balaban J connectivity index is 2.57. The van der Waals surface area contributed by atoms with E-state index in [1.54, 1.807) is 32.9 Å². The molecular formula is C14H16BrCl2NO3. The Bertz CT molecular complexity index is 533. The van der Waals surface area contributed by atoms with Crippen LogP contribution in [0.3, 0.4) is 0 Å². The van der Waals surface area contributed by atoms with Gasteiger partial charge < -0.3 is 10.1 Å². The van der Waals surface area contributed by atoms with E-state index in [4.69, 9.17) is 27.9 Å². The standard InChI is InChI=1S/C14H16BrCl2NO3/c1-14(2,3)21-12(20)5-4-11(19)18-13-9(16)6-8(15)7-10(13)17/h6-7H,4-5H2,1-3H3,(H,18,19). The molecule has 7 heteroatoms. The maximum Gasteiger partial charge on any atom is 0.306 e. The van der Waals surface area contributed by atoms with Crippen LogP contribution in [-0.2, 0) is 14.3 Å². The molecule has 0 atom stereocenters. The van der Waals surface area contributed by atoms with E-state index < -0.39 is 11.6 Å². The van der Waals surface area contributed by atoms with Gasteiger partial charge in [0, 0.05) is 10.9 Å². The second kappa shape index (κ2) is 7.47. The summed E-state index contributed by atoms with van der Waals surface area (Å²) in [5.41, 5.74) is -0.234. The smallest absolute Gasteiger partial charge is 0.306 e. The zero-order chi connectivity index (χ0) is 16.2. The Morgan fingerprint density at radius 2 is 1.71 bits per heavy atom. The first kappa shape index (κ1) is 18.3. The van der Waals surface area contributed by atoms with E-state index in [1.165, 1.54) is 0 Å². The van der Waals surface area contributed by atoms with Gasteiger partial charge in [-0.05, 0) is 32.9 Å². The van der Waals surface area contributed by atoms with E-state index in [0.717, 1.165) is 0 Å². The summed E-state index contributed by atoms with van der Waals surface area (Å²) in [6, 6.07) is 3.24. The maximum atomic E-state index is 11.8. The first-order chi connectivity index (χ1) is 9.58. The second-order valence-corrected chi connectivity index (χ2v) is 7.11. The van der Waals surface area contributed by atoms with Crippen molar-refractivity contribution in [1.29, 1.82) is 0 Å². The molecule has 0 heterocycles. The molecule has 1 amide bonds. The molecule has 0 aliphatic carbocycles. The molecule has 0 aliphatic heterocycles. The molecule has 1 aromatic rings. The van der Waals surface area contributed by atoms with Crippen molar-refractivity contribution in [2.24, 2.45) is 0 Å². The van der Waals surface area contributed by atoms with Gasteiger partial charge in [-0.1, -0.05) is 39.1 Å². The van der Waals surface area contributed by atoms with Gasteiger partial charge in [-0.15, -0.1) is 0 Å². The number of ether oxygens (including phenoxy) is 1. The maximum absolute atomic E-state index is 11.8. The van der Waals surface area contributed by atoms with Crippen LogP contribution in [0.1, 0.15) is 33.6 Å². The lowest BCUT2D eigenvalue weighted by Gasteiger charge is -2.19. The van der Waals surface area contributed by atoms with Crippen LogP contribution in [0.5, 0.6) is 0 Å². The monoisotopic (exact) mass is 395 g/mol. The largest absolute Gasteiger partial charge is 0.460 e. The van der Waals surface area contributed by atoms with Gasteiger partial charge in [0.25, 0.3) is 0 Å². The minimum Gasteiger partial charge on any atom is -0.460 e. The SMILES string of the molecule is CC(C)(C)OC(=O)CCC(=O)Nc1c(Cl)cc(Br)cc1Cl. The van der Waals surface area contributed by atoms with Crippen LogP contribution in [0.2, 0.25) is 10.0 Å². The number of hydrogen-bond donors (Lipinski definition) is 1. The summed E-state index contributed by atoms with van der Waals surface area (Å²) in [6.45, 7) is 5.31. The van der Waals surface area contributed by atoms with Crippen LogP contribution in [0.15, 0.2) is 16.6 Å². The summed E-state index contributed by atoms with van der Waals surface area (Å²) in [5, 5.41) is 3.23. The molecule has 116 valence electrons. The lowest BCUT2D eigenvalue weighted by atomic mass is 10.2. The van der Waals surface area contributed by atoms with Gasteiger partial charge in [-0.3, -0.25) is 9.59 Å². The Kier molecular flexibility index (Phi) is 6.50. The van der Waals surface area contributed by atoms with Crippen LogP contribution in [-0.4, -0.2) is 17.5 Å². The van der Waals surface area contributed by atoms with Crippen molar-refractivity contribution < 1.29 is 14.3 Å². The Morgan fingerprint density at radius 3 is 2.19 bits per heavy atom. The van der Waals surface area contributed by atoms with Crippen molar-refractivity contribution in [3.05, 3.63) is 26.7 Å². The highest BCUT2D eigenvalue weighted by Gasteiger charge is 2.18. The Hall–Kier alpha value is -0.780. The highest BCUT2D eigenvalue weighted by molar-refractivity contribution is 9.10. The molecular weight excluding hydrogens is 381 g/mol. The summed E-state index contributed by atoms with van der Waals surface area (Å²) < 4.78 is 5.84. The molecule has 21 heavy (non-hydrogen) atoms. The number of anilines is 1. The average Bonchev–Trinajstić information content (AvgIpc) is 2.29. The third-order valence-electron chi connectivity index (χ3n) is 2.25. The van der Waals surface area contributed by atoms with E-state index in [1.807, 2.05) is 0 Å². The molecule has 0 unspecified atom stereocenters. The van der Waals surface area contributed by atoms with Gasteiger partial charge in [0.2, 0.25) is 5.91 Å². The number of hydrogen-bond acceptors (Lipinski definition) is 3. The summed E-state index contributed by atoms with van der Waals surface area (Å²) in [7, 11) is 0. The van der Waals surface area contributed by atoms with Gasteiger partial charge in [0.1, 0.15) is 5.60 Å². The lowest BCUT2D eigenvalue weighted by Crippen LogP contribution is -2.24. The highest BCUT2D eigenvalue weighted by Crippen LogP contribution is 2.33. The third-order valence-corrected chi connectivity index (χ3v) is 3.30. The second-order valence-electron chi connectivity index (χ2n) is 5.38. The van der Waals surface area contributed by atoms with Crippen LogP contribution in [0, 0.1) is 0 Å². The summed E-state index contributed by atoms with van der Waals surface area (Å²) in [4.78, 5) is 23.4. The molecule has 0 saturated carbocycles. The fourth-order valence-electron chi connectivity index (χ4n) is 1.47. The van der Waals surface area contributed by atoms with Crippen molar-refractivity contribution in [2.75, 3.05) is 5.32 Å². The normalized spacial score (nSPS) is 11.1. The minimum atomic E-state index is -0.564. The number of benzene rings is 1. The number of esters is 1. The van der Waals surface area contributed by atoms with Crippen LogP contribution >= 0.6 is 39.1 Å². The highest BCUT2D eigenvalue weighted by atomic mass is 79.9. The number of nitrogens with one attached hydrogen (secondary N) is 1. The topological polar surface area (TPSA) is 55.4 Å². The number of rotatable bonds is 4. The van der Waals surface area contributed by atoms with E-state index >= 15 is 0 Å². The molecule has 4 nitrogen and oxygen atoms in total. The Labute approximate surface area is 142 Å². The third kappa shape index (κ3) is 6.68. The van der Waals surface area contributed by atoms with Crippen molar-refractivity contribution in [2.45, 2.75) is 39.2 Å². The zero-order valence-corrected chi connectivity index (χ0v) is 15.0. The molecule has 0 aromatic heterocycles. The fraction of sp³-hybridized carbons (Fsp3) is 0.429. The zero-order valence-electron chi connectivity index (χ0n) is 11.9. The minimum absolute atomic E-state index is 0.00235. The first-order valence-electron chi connectivity index (χ1n) is 6.25. The summed E-state index contributed by atoms with van der Waals surface area (Å²) >= 11 is 15.3. The molecule has 0 spiro atoms. The van der Waals surface area contributed by atoms with Gasteiger partial charge in [0.05, 0.1) is 22.2 Å². The average molecular weight is 397 g/mol. The molecule has 1 N–H and O–H groups in total. The van der Waals surface area contributed by atoms with Crippen molar-refractivity contribution >= 4 is 56.7 Å². The molecule has 0 fully saturated rings. The molecule has 1 rings (SSSR count). The summed E-state index contributed by atoms with van der Waals surface area (Å²) in [5.74, 6) is -0.780. The molecule has 0 bridgehead atoms. The van der Waals surface area contributed by atoms with Gasteiger partial charge in [0.15, 0.2) is 0 Å². The van der Waals surface area contributed by atoms with Crippen molar-refractivity contribution in [3.63, 3.8) is 0 Å². The van der Waals surface area contributed by atoms with E-state index in [9.17, 15) is 9.59 Å². The molecule has 0 aliphatic rings. The lowest BCUT2D eigenvalue weighted by molar-refractivity contribution is -0.155.